The summed E-state index contributed by atoms with van der Waals surface area (Å²) in [6, 6.07) is 5.15. The zero-order valence-corrected chi connectivity index (χ0v) is 12.1. The number of halogens is 2. The monoisotopic (exact) mass is 289 g/mol. The highest BCUT2D eigenvalue weighted by molar-refractivity contribution is 9.10. The van der Waals surface area contributed by atoms with E-state index in [2.05, 4.69) is 41.7 Å². The average Bonchev–Trinajstić information content (AvgIpc) is 2.26. The second-order valence-corrected chi connectivity index (χ2v) is 9.86. The van der Waals surface area contributed by atoms with E-state index >= 15 is 0 Å². The molecule has 0 unspecified atom stereocenters. The summed E-state index contributed by atoms with van der Waals surface area (Å²) >= 11 is 3.32. The maximum atomic E-state index is 13.8. The van der Waals surface area contributed by atoms with Crippen LogP contribution in [-0.2, 0) is 0 Å². The topological polar surface area (TPSA) is 12.9 Å². The number of nitrogens with zero attached hydrogens (tertiary/aromatic N) is 1. The van der Waals surface area contributed by atoms with Crippen LogP contribution < -0.4 is 5.19 Å². The molecule has 0 saturated carbocycles. The molecule has 0 spiro atoms. The molecule has 0 aliphatic heterocycles. The Morgan fingerprint density at radius 1 is 1.27 bits per heavy atom. The highest BCUT2D eigenvalue weighted by Gasteiger charge is 2.20. The second-order valence-electron chi connectivity index (χ2n) is 3.83. The summed E-state index contributed by atoms with van der Waals surface area (Å²) in [4.78, 5) is 3.92. The SMILES string of the molecule is CC[Si-](CC)(CC)c1cc(Br)ncc1F. The van der Waals surface area contributed by atoms with Crippen LogP contribution in [0.4, 0.5) is 4.39 Å². The quantitative estimate of drug-likeness (QED) is 0.608. The van der Waals surface area contributed by atoms with Gasteiger partial charge < -0.3 is 0 Å². The fourth-order valence-electron chi connectivity index (χ4n) is 2.14. The van der Waals surface area contributed by atoms with Gasteiger partial charge >= 0.3 is 0 Å². The van der Waals surface area contributed by atoms with Gasteiger partial charge in [0.25, 0.3) is 0 Å². The van der Waals surface area contributed by atoms with Gasteiger partial charge in [-0.2, -0.15) is 18.1 Å². The Balaban J connectivity index is 3.27. The minimum absolute atomic E-state index is 0.129. The van der Waals surface area contributed by atoms with Crippen LogP contribution in [0.5, 0.6) is 0 Å². The van der Waals surface area contributed by atoms with Gasteiger partial charge in [0.2, 0.25) is 0 Å². The van der Waals surface area contributed by atoms with E-state index in [0.717, 1.165) is 27.9 Å². The summed E-state index contributed by atoms with van der Waals surface area (Å²) < 4.78 is 14.5. The smallest absolute Gasteiger partial charge is 0.110 e. The molecule has 85 valence electrons. The Morgan fingerprint density at radius 3 is 2.27 bits per heavy atom. The number of pyridine rings is 1. The first-order valence-electron chi connectivity index (χ1n) is 5.41. The lowest BCUT2D eigenvalue weighted by atomic mass is 10.5. The van der Waals surface area contributed by atoms with Crippen LogP contribution in [-0.4, -0.2) is 13.1 Å². The van der Waals surface area contributed by atoms with Crippen LogP contribution in [0.2, 0.25) is 18.1 Å². The van der Waals surface area contributed by atoms with Gasteiger partial charge in [-0.05, 0) is 15.9 Å². The minimum atomic E-state index is -1.61. The summed E-state index contributed by atoms with van der Waals surface area (Å²) in [5.74, 6) is -0.129. The van der Waals surface area contributed by atoms with E-state index in [1.54, 1.807) is 0 Å². The lowest BCUT2D eigenvalue weighted by molar-refractivity contribution is 0.627. The summed E-state index contributed by atoms with van der Waals surface area (Å²) in [5.41, 5.74) is 0. The lowest BCUT2D eigenvalue weighted by Gasteiger charge is -2.41. The first-order valence-corrected chi connectivity index (χ1v) is 8.82. The molecule has 15 heavy (non-hydrogen) atoms. The molecule has 1 aromatic heterocycles. The number of aromatic nitrogens is 1. The lowest BCUT2D eigenvalue weighted by Crippen LogP contribution is -2.47. The predicted molar refractivity (Wildman–Crippen MR) is 68.7 cm³/mol. The molecule has 1 rings (SSSR count). The molecular weight excluding hydrogens is 273 g/mol. The number of hydrogen-bond acceptors (Lipinski definition) is 1. The molecule has 0 bridgehead atoms. The van der Waals surface area contributed by atoms with Crippen molar-refractivity contribution in [1.29, 1.82) is 0 Å². The summed E-state index contributed by atoms with van der Waals surface area (Å²) in [6.07, 6.45) is 1.34. The molecule has 0 aliphatic rings. The molecule has 1 aromatic rings. The van der Waals surface area contributed by atoms with Crippen LogP contribution >= 0.6 is 15.9 Å². The molecule has 0 N–H and O–H groups in total. The summed E-state index contributed by atoms with van der Waals surface area (Å²) in [5, 5.41) is 0.928. The largest absolute Gasteiger partial charge is 0.247 e. The third-order valence-corrected chi connectivity index (χ3v) is 9.44. The molecule has 0 radical (unpaired) electrons. The van der Waals surface area contributed by atoms with E-state index in [1.165, 1.54) is 6.20 Å². The van der Waals surface area contributed by atoms with Gasteiger partial charge in [0.05, 0.1) is 6.20 Å². The van der Waals surface area contributed by atoms with Gasteiger partial charge in [0.15, 0.2) is 0 Å². The number of hydrogen-bond donors (Lipinski definition) is 0. The third kappa shape index (κ3) is 2.48. The van der Waals surface area contributed by atoms with Crippen molar-refractivity contribution in [3.05, 3.63) is 22.7 Å². The van der Waals surface area contributed by atoms with Crippen molar-refractivity contribution in [2.45, 2.75) is 38.9 Å². The molecule has 0 amide bonds. The normalized spacial score (nSPS) is 11.8. The van der Waals surface area contributed by atoms with Crippen molar-refractivity contribution < 1.29 is 4.39 Å². The van der Waals surface area contributed by atoms with Crippen molar-refractivity contribution in [1.82, 2.24) is 4.98 Å². The van der Waals surface area contributed by atoms with Gasteiger partial charge in [-0.15, -0.1) is 13.3 Å². The van der Waals surface area contributed by atoms with E-state index < -0.39 is 8.07 Å². The Bertz CT molecular complexity index is 331. The highest BCUT2D eigenvalue weighted by atomic mass is 79.9. The van der Waals surface area contributed by atoms with Gasteiger partial charge in [0, 0.05) is 0 Å². The molecule has 0 aliphatic carbocycles. The highest BCUT2D eigenvalue weighted by Crippen LogP contribution is 2.22. The van der Waals surface area contributed by atoms with Gasteiger partial charge in [-0.25, -0.2) is 9.37 Å². The zero-order valence-electron chi connectivity index (χ0n) is 9.48. The molecule has 1 nitrogen and oxygen atoms in total. The Hall–Kier alpha value is -0.223. The first-order chi connectivity index (χ1) is 7.09. The van der Waals surface area contributed by atoms with Crippen LogP contribution in [0.15, 0.2) is 16.9 Å². The first kappa shape index (κ1) is 12.8. The number of rotatable bonds is 4. The molecule has 0 saturated heterocycles. The van der Waals surface area contributed by atoms with Crippen LogP contribution in [0.25, 0.3) is 0 Å². The van der Waals surface area contributed by atoms with Gasteiger partial charge in [-0.3, -0.25) is 0 Å². The van der Waals surface area contributed by atoms with Crippen molar-refractivity contribution in [3.8, 4) is 0 Å². The van der Waals surface area contributed by atoms with E-state index in [0.29, 0.717) is 0 Å². The van der Waals surface area contributed by atoms with Crippen molar-refractivity contribution >= 4 is 29.2 Å². The third-order valence-electron chi connectivity index (χ3n) is 3.42. The molecule has 4 heteroatoms. The molecule has 0 fully saturated rings. The summed E-state index contributed by atoms with van der Waals surface area (Å²) in [7, 11) is -1.61. The van der Waals surface area contributed by atoms with Crippen molar-refractivity contribution in [2.75, 3.05) is 0 Å². The maximum Gasteiger partial charge on any atom is 0.110 e. The van der Waals surface area contributed by atoms with Gasteiger partial charge in [-0.1, -0.05) is 26.8 Å². The van der Waals surface area contributed by atoms with Crippen molar-refractivity contribution in [3.63, 3.8) is 0 Å². The van der Waals surface area contributed by atoms with Crippen LogP contribution in [0, 0.1) is 5.82 Å². The Labute approximate surface area is 100 Å². The Kier molecular flexibility index (Phi) is 4.46. The second kappa shape index (κ2) is 5.21. The fraction of sp³-hybridized carbons (Fsp3) is 0.545. The van der Waals surface area contributed by atoms with E-state index in [4.69, 9.17) is 0 Å². The standard InChI is InChI=1S/C11H17BrFNSi/c1-4-15(5-2,6-3)10-7-11(12)14-8-9(10)13/h7-8H,4-6H2,1-3H3/q-1. The van der Waals surface area contributed by atoms with E-state index in [9.17, 15) is 4.39 Å². The van der Waals surface area contributed by atoms with Gasteiger partial charge in [0.1, 0.15) is 10.4 Å². The zero-order chi connectivity index (χ0) is 11.5. The van der Waals surface area contributed by atoms with Crippen LogP contribution in [0.3, 0.4) is 0 Å². The molecular formula is C11H17BrFNSi-. The van der Waals surface area contributed by atoms with E-state index in [1.807, 2.05) is 6.07 Å². The predicted octanol–water partition coefficient (Wildman–Crippen LogP) is 3.70. The van der Waals surface area contributed by atoms with Crippen LogP contribution in [0.1, 0.15) is 20.8 Å². The Morgan fingerprint density at radius 2 is 1.80 bits per heavy atom. The molecule has 0 aromatic carbocycles. The van der Waals surface area contributed by atoms with E-state index in [-0.39, 0.29) is 5.82 Å². The average molecular weight is 290 g/mol. The fourth-order valence-corrected chi connectivity index (χ4v) is 6.34. The molecule has 0 atom stereocenters. The van der Waals surface area contributed by atoms with Crippen molar-refractivity contribution in [2.24, 2.45) is 0 Å². The minimum Gasteiger partial charge on any atom is -0.247 e. The maximum absolute atomic E-state index is 13.8. The molecule has 1 heterocycles. The summed E-state index contributed by atoms with van der Waals surface area (Å²) in [6.45, 7) is 6.52.